The highest BCUT2D eigenvalue weighted by Gasteiger charge is 2.22. The molecule has 0 aliphatic carbocycles. The van der Waals surface area contributed by atoms with Gasteiger partial charge in [-0.3, -0.25) is 14.7 Å². The normalized spacial score (nSPS) is 16.7. The summed E-state index contributed by atoms with van der Waals surface area (Å²) in [7, 11) is 0. The maximum absolute atomic E-state index is 11.3. The topological polar surface area (TPSA) is 71.2 Å². The molecule has 1 aliphatic heterocycles. The number of hydrogen-bond donors (Lipinski definition) is 2. The highest BCUT2D eigenvalue weighted by Crippen LogP contribution is 2.14. The summed E-state index contributed by atoms with van der Waals surface area (Å²) < 4.78 is 0. The van der Waals surface area contributed by atoms with Crippen LogP contribution in [0.5, 0.6) is 0 Å². The van der Waals surface area contributed by atoms with E-state index in [0.717, 1.165) is 37.3 Å². The fourth-order valence-corrected chi connectivity index (χ4v) is 2.58. The number of carbonyl (C=O) groups excluding carboxylic acids is 1. The van der Waals surface area contributed by atoms with E-state index in [1.807, 2.05) is 25.1 Å². The lowest BCUT2D eigenvalue weighted by atomic mass is 10.0. The van der Waals surface area contributed by atoms with E-state index in [1.165, 1.54) is 0 Å². The molecule has 5 heteroatoms. The van der Waals surface area contributed by atoms with Crippen molar-refractivity contribution >= 4 is 5.91 Å². The minimum Gasteiger partial charge on any atom is -0.369 e. The van der Waals surface area contributed by atoms with Crippen molar-refractivity contribution in [3.05, 3.63) is 29.6 Å². The first kappa shape index (κ1) is 14.0. The first-order chi connectivity index (χ1) is 9.15. The molecular formula is C14H22N4O. The number of nitrogens with zero attached hydrogens (tertiary/aromatic N) is 2. The van der Waals surface area contributed by atoms with Gasteiger partial charge in [0.05, 0.1) is 12.2 Å². The lowest BCUT2D eigenvalue weighted by Crippen LogP contribution is -2.46. The molecule has 1 amide bonds. The summed E-state index contributed by atoms with van der Waals surface area (Å²) in [5.41, 5.74) is 7.37. The first-order valence-corrected chi connectivity index (χ1v) is 6.81. The van der Waals surface area contributed by atoms with E-state index in [2.05, 4.69) is 15.2 Å². The van der Waals surface area contributed by atoms with Gasteiger partial charge in [0.1, 0.15) is 0 Å². The van der Waals surface area contributed by atoms with Gasteiger partial charge in [0, 0.05) is 18.3 Å². The second-order valence-electron chi connectivity index (χ2n) is 5.12. The zero-order valence-corrected chi connectivity index (χ0v) is 11.4. The standard InChI is InChI=1S/C14H22N4O/c1-11-3-2-4-12(17-11)9-18(10-14(15)19)13-5-7-16-8-6-13/h2-4,13,16H,5-10H2,1H3,(H2,15,19). The Morgan fingerprint density at radius 1 is 1.47 bits per heavy atom. The molecule has 0 aromatic carbocycles. The molecule has 0 bridgehead atoms. The Morgan fingerprint density at radius 3 is 2.84 bits per heavy atom. The maximum atomic E-state index is 11.3. The number of carbonyl (C=O) groups is 1. The summed E-state index contributed by atoms with van der Waals surface area (Å²) >= 11 is 0. The molecule has 1 aliphatic rings. The summed E-state index contributed by atoms with van der Waals surface area (Å²) in [6.07, 6.45) is 2.11. The van der Waals surface area contributed by atoms with Crippen molar-refractivity contribution in [2.45, 2.75) is 32.4 Å². The third-order valence-corrected chi connectivity index (χ3v) is 3.50. The monoisotopic (exact) mass is 262 g/mol. The van der Waals surface area contributed by atoms with Crippen LogP contribution in [0.25, 0.3) is 0 Å². The van der Waals surface area contributed by atoms with Gasteiger partial charge in [0.15, 0.2) is 0 Å². The van der Waals surface area contributed by atoms with Gasteiger partial charge in [-0.25, -0.2) is 0 Å². The molecule has 5 nitrogen and oxygen atoms in total. The fraction of sp³-hybridized carbons (Fsp3) is 0.571. The van der Waals surface area contributed by atoms with Gasteiger partial charge < -0.3 is 11.1 Å². The van der Waals surface area contributed by atoms with E-state index in [1.54, 1.807) is 0 Å². The number of rotatable bonds is 5. The third-order valence-electron chi connectivity index (χ3n) is 3.50. The Balaban J connectivity index is 2.06. The minimum absolute atomic E-state index is 0.272. The van der Waals surface area contributed by atoms with Gasteiger partial charge in [0.25, 0.3) is 0 Å². The number of nitrogens with two attached hydrogens (primary N) is 1. The van der Waals surface area contributed by atoms with Gasteiger partial charge >= 0.3 is 0 Å². The Morgan fingerprint density at radius 2 is 2.21 bits per heavy atom. The number of pyridine rings is 1. The molecule has 19 heavy (non-hydrogen) atoms. The number of nitrogens with one attached hydrogen (secondary N) is 1. The molecule has 1 aromatic heterocycles. The Bertz CT molecular complexity index is 429. The number of piperidine rings is 1. The molecule has 1 aromatic rings. The predicted octanol–water partition coefficient (Wildman–Crippen LogP) is 0.429. The van der Waals surface area contributed by atoms with Crippen molar-refractivity contribution in [1.82, 2.24) is 15.2 Å². The van der Waals surface area contributed by atoms with E-state index < -0.39 is 0 Å². The second kappa shape index (κ2) is 6.63. The molecule has 1 fully saturated rings. The number of primary amides is 1. The number of aryl methyl sites for hydroxylation is 1. The van der Waals surface area contributed by atoms with Crippen LogP contribution < -0.4 is 11.1 Å². The molecule has 0 radical (unpaired) electrons. The average Bonchev–Trinajstić information content (AvgIpc) is 2.38. The van der Waals surface area contributed by atoms with Crippen molar-refractivity contribution < 1.29 is 4.79 Å². The Kier molecular flexibility index (Phi) is 4.87. The van der Waals surface area contributed by atoms with Gasteiger partial charge in [-0.1, -0.05) is 6.07 Å². The largest absolute Gasteiger partial charge is 0.369 e. The van der Waals surface area contributed by atoms with Crippen LogP contribution in [0.2, 0.25) is 0 Å². The predicted molar refractivity (Wildman–Crippen MR) is 74.5 cm³/mol. The Hall–Kier alpha value is -1.46. The second-order valence-corrected chi connectivity index (χ2v) is 5.12. The molecule has 2 heterocycles. The molecule has 3 N–H and O–H groups in total. The summed E-state index contributed by atoms with van der Waals surface area (Å²) in [6, 6.07) is 6.40. The zero-order chi connectivity index (χ0) is 13.7. The van der Waals surface area contributed by atoms with Crippen LogP contribution in [0.1, 0.15) is 24.2 Å². The van der Waals surface area contributed by atoms with Crippen LogP contribution in [0.4, 0.5) is 0 Å². The van der Waals surface area contributed by atoms with Crippen molar-refractivity contribution in [1.29, 1.82) is 0 Å². The van der Waals surface area contributed by atoms with Gasteiger partial charge in [-0.2, -0.15) is 0 Å². The van der Waals surface area contributed by atoms with Crippen LogP contribution in [-0.4, -0.2) is 41.5 Å². The fourth-order valence-electron chi connectivity index (χ4n) is 2.58. The van der Waals surface area contributed by atoms with Crippen molar-refractivity contribution in [3.8, 4) is 0 Å². The smallest absolute Gasteiger partial charge is 0.231 e. The SMILES string of the molecule is Cc1cccc(CN(CC(N)=O)C2CCNCC2)n1. The molecule has 0 unspecified atom stereocenters. The van der Waals surface area contributed by atoms with Crippen LogP contribution in [0.3, 0.4) is 0 Å². The molecule has 0 spiro atoms. The number of hydrogen-bond acceptors (Lipinski definition) is 4. The molecule has 104 valence electrons. The van der Waals surface area contributed by atoms with E-state index in [9.17, 15) is 4.79 Å². The molecule has 0 saturated carbocycles. The summed E-state index contributed by atoms with van der Waals surface area (Å²) in [4.78, 5) is 17.9. The molecule has 2 rings (SSSR count). The van der Waals surface area contributed by atoms with Crippen molar-refractivity contribution in [3.63, 3.8) is 0 Å². The van der Waals surface area contributed by atoms with Crippen LogP contribution in [0.15, 0.2) is 18.2 Å². The van der Waals surface area contributed by atoms with Gasteiger partial charge in [-0.05, 0) is 45.0 Å². The maximum Gasteiger partial charge on any atom is 0.231 e. The lowest BCUT2D eigenvalue weighted by molar-refractivity contribution is -0.120. The quantitative estimate of drug-likeness (QED) is 0.807. The van der Waals surface area contributed by atoms with Gasteiger partial charge in [-0.15, -0.1) is 0 Å². The lowest BCUT2D eigenvalue weighted by Gasteiger charge is -2.33. The summed E-state index contributed by atoms with van der Waals surface area (Å²) in [6.45, 7) is 4.98. The summed E-state index contributed by atoms with van der Waals surface area (Å²) in [5.74, 6) is -0.272. The third kappa shape index (κ3) is 4.29. The average molecular weight is 262 g/mol. The number of aromatic nitrogens is 1. The van der Waals surface area contributed by atoms with Crippen LogP contribution in [-0.2, 0) is 11.3 Å². The Labute approximate surface area is 114 Å². The molecule has 0 atom stereocenters. The number of amides is 1. The summed E-state index contributed by atoms with van der Waals surface area (Å²) in [5, 5.41) is 3.34. The van der Waals surface area contributed by atoms with E-state index in [4.69, 9.17) is 5.73 Å². The van der Waals surface area contributed by atoms with E-state index >= 15 is 0 Å². The van der Waals surface area contributed by atoms with Crippen molar-refractivity contribution in [2.24, 2.45) is 5.73 Å². The molecule has 1 saturated heterocycles. The van der Waals surface area contributed by atoms with E-state index in [-0.39, 0.29) is 5.91 Å². The highest BCUT2D eigenvalue weighted by atomic mass is 16.1. The first-order valence-electron chi connectivity index (χ1n) is 6.81. The van der Waals surface area contributed by atoms with Gasteiger partial charge in [0.2, 0.25) is 5.91 Å². The van der Waals surface area contributed by atoms with Crippen molar-refractivity contribution in [2.75, 3.05) is 19.6 Å². The zero-order valence-electron chi connectivity index (χ0n) is 11.4. The molecular weight excluding hydrogens is 240 g/mol. The highest BCUT2D eigenvalue weighted by molar-refractivity contribution is 5.75. The van der Waals surface area contributed by atoms with Crippen LogP contribution in [0, 0.1) is 6.92 Å². The van der Waals surface area contributed by atoms with E-state index in [0.29, 0.717) is 19.1 Å². The minimum atomic E-state index is -0.272. The van der Waals surface area contributed by atoms with Crippen LogP contribution >= 0.6 is 0 Å².